The average Bonchev–Trinajstić information content (AvgIpc) is 3.37. The summed E-state index contributed by atoms with van der Waals surface area (Å²) in [6.45, 7) is 11.5. The van der Waals surface area contributed by atoms with E-state index in [0.29, 0.717) is 19.3 Å². The second-order valence-corrected chi connectivity index (χ2v) is 22.9. The van der Waals surface area contributed by atoms with Crippen molar-refractivity contribution in [3.05, 3.63) is 0 Å². The van der Waals surface area contributed by atoms with Gasteiger partial charge in [-0.3, -0.25) is 14.4 Å². The predicted molar refractivity (Wildman–Crippen MR) is 307 cm³/mol. The zero-order valence-corrected chi connectivity index (χ0v) is 48.9. The van der Waals surface area contributed by atoms with Crippen LogP contribution in [0.15, 0.2) is 0 Å². The van der Waals surface area contributed by atoms with Crippen LogP contribution in [0.2, 0.25) is 0 Å². The largest absolute Gasteiger partial charge is 0.462 e. The first-order valence-corrected chi connectivity index (χ1v) is 32.3. The predicted octanol–water partition coefficient (Wildman–Crippen LogP) is 21.6. The molecule has 0 saturated carbocycles. The van der Waals surface area contributed by atoms with Gasteiger partial charge in [0.2, 0.25) is 0 Å². The van der Waals surface area contributed by atoms with E-state index in [9.17, 15) is 14.4 Å². The molecular weight excluding hydrogens is 877 g/mol. The number of carbonyl (C=O) groups is 3. The molecule has 3 atom stereocenters. The molecule has 0 aliphatic heterocycles. The van der Waals surface area contributed by atoms with Gasteiger partial charge in [-0.05, 0) is 31.1 Å². The fourth-order valence-electron chi connectivity index (χ4n) is 10.0. The molecule has 6 nitrogen and oxygen atoms in total. The zero-order valence-electron chi connectivity index (χ0n) is 48.9. The summed E-state index contributed by atoms with van der Waals surface area (Å²) in [5.41, 5.74) is 0. The maximum atomic E-state index is 12.9. The molecule has 71 heavy (non-hydrogen) atoms. The van der Waals surface area contributed by atoms with E-state index in [1.54, 1.807) is 0 Å². The highest BCUT2D eigenvalue weighted by Gasteiger charge is 2.19. The molecule has 0 aromatic rings. The molecule has 0 bridgehead atoms. The van der Waals surface area contributed by atoms with E-state index in [0.717, 1.165) is 69.6 Å². The molecule has 0 aromatic heterocycles. The molecule has 0 radical (unpaired) electrons. The summed E-state index contributed by atoms with van der Waals surface area (Å²) in [6, 6.07) is 0. The fraction of sp³-hybridized carbons (Fsp3) is 0.954. The lowest BCUT2D eigenvalue weighted by molar-refractivity contribution is -0.167. The van der Waals surface area contributed by atoms with E-state index in [2.05, 4.69) is 34.6 Å². The Kier molecular flexibility index (Phi) is 56.4. The van der Waals surface area contributed by atoms with E-state index >= 15 is 0 Å². The Balaban J connectivity index is 4.21. The van der Waals surface area contributed by atoms with Crippen molar-refractivity contribution < 1.29 is 28.6 Å². The van der Waals surface area contributed by atoms with Crippen molar-refractivity contribution in [3.63, 3.8) is 0 Å². The van der Waals surface area contributed by atoms with E-state index < -0.39 is 6.10 Å². The summed E-state index contributed by atoms with van der Waals surface area (Å²) >= 11 is 0. The van der Waals surface area contributed by atoms with Gasteiger partial charge in [-0.25, -0.2) is 0 Å². The standard InChI is InChI=1S/C65H126O6/c1-6-9-10-11-12-13-14-15-16-17-18-22-25-28-31-34-40-45-50-55-63(66)69-58-62(71-65(68)57-52-47-42-37-36-39-44-49-54-61(5)8-3)59-70-64(67)56-51-46-41-35-32-29-26-23-20-19-21-24-27-30-33-38-43-48-53-60(4)7-2/h60-62H,6-59H2,1-5H3/t60?,61?,62-/m1/s1. The highest BCUT2D eigenvalue weighted by molar-refractivity contribution is 5.71. The van der Waals surface area contributed by atoms with Crippen LogP contribution in [0, 0.1) is 11.8 Å². The summed E-state index contributed by atoms with van der Waals surface area (Å²) in [5.74, 6) is 0.920. The number of unbranched alkanes of at least 4 members (excludes halogenated alkanes) is 42. The van der Waals surface area contributed by atoms with Gasteiger partial charge in [0, 0.05) is 19.3 Å². The maximum absolute atomic E-state index is 12.9. The van der Waals surface area contributed by atoms with Gasteiger partial charge in [-0.1, -0.05) is 330 Å². The smallest absolute Gasteiger partial charge is 0.306 e. The lowest BCUT2D eigenvalue weighted by Crippen LogP contribution is -2.30. The van der Waals surface area contributed by atoms with Gasteiger partial charge in [0.1, 0.15) is 13.2 Å². The molecule has 0 aliphatic carbocycles. The van der Waals surface area contributed by atoms with Crippen LogP contribution in [0.25, 0.3) is 0 Å². The first kappa shape index (κ1) is 69.4. The molecular formula is C65H126O6. The second-order valence-electron chi connectivity index (χ2n) is 22.9. The molecule has 2 unspecified atom stereocenters. The first-order chi connectivity index (χ1) is 34.8. The molecule has 0 N–H and O–H groups in total. The summed E-state index contributed by atoms with van der Waals surface area (Å²) in [5, 5.41) is 0. The van der Waals surface area contributed by atoms with E-state index in [1.165, 1.54) is 257 Å². The van der Waals surface area contributed by atoms with Crippen molar-refractivity contribution in [1.29, 1.82) is 0 Å². The average molecular weight is 1000 g/mol. The Morgan fingerprint density at radius 3 is 0.732 bits per heavy atom. The number of hydrogen-bond acceptors (Lipinski definition) is 6. The molecule has 0 fully saturated rings. The van der Waals surface area contributed by atoms with Crippen LogP contribution in [-0.2, 0) is 28.6 Å². The number of hydrogen-bond donors (Lipinski definition) is 0. The van der Waals surface area contributed by atoms with Crippen molar-refractivity contribution in [2.24, 2.45) is 11.8 Å². The SMILES string of the molecule is CCCCCCCCCCCCCCCCCCCCCC(=O)OC[C@H](COC(=O)CCCCCCCCCCCCCCCCCCCCC(C)CC)OC(=O)CCCCCCCCCCC(C)CC. The van der Waals surface area contributed by atoms with E-state index in [-0.39, 0.29) is 31.1 Å². The van der Waals surface area contributed by atoms with Crippen LogP contribution >= 0.6 is 0 Å². The minimum atomic E-state index is -0.764. The van der Waals surface area contributed by atoms with Crippen LogP contribution in [0.1, 0.15) is 369 Å². The fourth-order valence-corrected chi connectivity index (χ4v) is 10.0. The van der Waals surface area contributed by atoms with Crippen LogP contribution in [0.4, 0.5) is 0 Å². The second kappa shape index (κ2) is 57.7. The summed E-state index contributed by atoms with van der Waals surface area (Å²) in [7, 11) is 0. The lowest BCUT2D eigenvalue weighted by Gasteiger charge is -2.18. The lowest BCUT2D eigenvalue weighted by atomic mass is 9.99. The van der Waals surface area contributed by atoms with Crippen molar-refractivity contribution in [2.45, 2.75) is 375 Å². The van der Waals surface area contributed by atoms with Gasteiger partial charge < -0.3 is 14.2 Å². The Hall–Kier alpha value is -1.59. The van der Waals surface area contributed by atoms with Gasteiger partial charge in [0.25, 0.3) is 0 Å². The zero-order chi connectivity index (χ0) is 51.8. The van der Waals surface area contributed by atoms with E-state index in [1.807, 2.05) is 0 Å². The molecule has 6 heteroatoms. The van der Waals surface area contributed by atoms with Crippen molar-refractivity contribution in [2.75, 3.05) is 13.2 Å². The van der Waals surface area contributed by atoms with Gasteiger partial charge >= 0.3 is 17.9 Å². The van der Waals surface area contributed by atoms with Crippen molar-refractivity contribution >= 4 is 17.9 Å². The third-order valence-electron chi connectivity index (χ3n) is 15.7. The molecule has 0 aliphatic rings. The third kappa shape index (κ3) is 56.0. The molecule has 422 valence electrons. The van der Waals surface area contributed by atoms with Crippen LogP contribution in [0.3, 0.4) is 0 Å². The number of carbonyl (C=O) groups excluding carboxylic acids is 3. The Morgan fingerprint density at radius 2 is 0.493 bits per heavy atom. The normalized spacial score (nSPS) is 12.8. The van der Waals surface area contributed by atoms with Crippen LogP contribution in [-0.4, -0.2) is 37.2 Å². The number of ether oxygens (including phenoxy) is 3. The molecule has 0 aromatic carbocycles. The summed E-state index contributed by atoms with van der Waals surface area (Å²) in [6.07, 6.45) is 63.9. The van der Waals surface area contributed by atoms with Gasteiger partial charge in [-0.15, -0.1) is 0 Å². The molecule has 0 saturated heterocycles. The Bertz CT molecular complexity index is 1090. The Labute approximate surface area is 444 Å². The topological polar surface area (TPSA) is 78.9 Å². The summed E-state index contributed by atoms with van der Waals surface area (Å²) in [4.78, 5) is 38.3. The van der Waals surface area contributed by atoms with Gasteiger partial charge in [0.05, 0.1) is 0 Å². The maximum Gasteiger partial charge on any atom is 0.306 e. The van der Waals surface area contributed by atoms with Gasteiger partial charge in [0.15, 0.2) is 6.10 Å². The minimum Gasteiger partial charge on any atom is -0.462 e. The van der Waals surface area contributed by atoms with E-state index in [4.69, 9.17) is 14.2 Å². The Morgan fingerprint density at radius 1 is 0.282 bits per heavy atom. The molecule has 0 rings (SSSR count). The number of esters is 3. The quantitative estimate of drug-likeness (QED) is 0.0343. The third-order valence-corrected chi connectivity index (χ3v) is 15.7. The monoisotopic (exact) mass is 1000 g/mol. The first-order valence-electron chi connectivity index (χ1n) is 32.3. The molecule has 0 amide bonds. The van der Waals surface area contributed by atoms with Gasteiger partial charge in [-0.2, -0.15) is 0 Å². The van der Waals surface area contributed by atoms with Crippen molar-refractivity contribution in [3.8, 4) is 0 Å². The highest BCUT2D eigenvalue weighted by atomic mass is 16.6. The van der Waals surface area contributed by atoms with Crippen molar-refractivity contribution in [1.82, 2.24) is 0 Å². The molecule has 0 spiro atoms. The van der Waals surface area contributed by atoms with Crippen LogP contribution in [0.5, 0.6) is 0 Å². The molecule has 0 heterocycles. The van der Waals surface area contributed by atoms with Crippen LogP contribution < -0.4 is 0 Å². The minimum absolute atomic E-state index is 0.0626. The number of rotatable bonds is 59. The highest BCUT2D eigenvalue weighted by Crippen LogP contribution is 2.20. The summed E-state index contributed by atoms with van der Waals surface area (Å²) < 4.78 is 16.9.